The SMILES string of the molecule is Cc1cccc(NC(=O)C2CC(=O)N(c3ccccc3N3CCOCC3)C2)c1C. The summed E-state index contributed by atoms with van der Waals surface area (Å²) in [6.07, 6.45) is 0.230. The highest BCUT2D eigenvalue weighted by molar-refractivity contribution is 6.05. The van der Waals surface area contributed by atoms with Crippen molar-refractivity contribution in [3.05, 3.63) is 53.6 Å². The molecule has 1 atom stereocenters. The highest BCUT2D eigenvalue weighted by Crippen LogP contribution is 2.34. The Bertz CT molecular complexity index is 921. The Morgan fingerprint density at radius 2 is 1.76 bits per heavy atom. The van der Waals surface area contributed by atoms with E-state index in [9.17, 15) is 9.59 Å². The van der Waals surface area contributed by atoms with Gasteiger partial charge in [0.05, 0.1) is 30.5 Å². The minimum Gasteiger partial charge on any atom is -0.378 e. The van der Waals surface area contributed by atoms with Gasteiger partial charge in [0.25, 0.3) is 0 Å². The van der Waals surface area contributed by atoms with Crippen LogP contribution in [0, 0.1) is 19.8 Å². The van der Waals surface area contributed by atoms with E-state index in [2.05, 4.69) is 10.2 Å². The van der Waals surface area contributed by atoms with E-state index in [1.807, 2.05) is 56.3 Å². The van der Waals surface area contributed by atoms with Crippen LogP contribution in [0.1, 0.15) is 17.5 Å². The summed E-state index contributed by atoms with van der Waals surface area (Å²) in [4.78, 5) is 29.7. The molecule has 1 unspecified atom stereocenters. The number of amides is 2. The van der Waals surface area contributed by atoms with E-state index in [0.29, 0.717) is 19.8 Å². The first kappa shape index (κ1) is 19.5. The standard InChI is InChI=1S/C23H27N3O3/c1-16-6-5-7-19(17(16)2)24-23(28)18-14-22(27)26(15-18)21-9-4-3-8-20(21)25-10-12-29-13-11-25/h3-9,18H,10-15H2,1-2H3,(H,24,28). The fourth-order valence-electron chi connectivity index (χ4n) is 4.00. The third kappa shape index (κ3) is 3.98. The number of carbonyl (C=O) groups excluding carboxylic acids is 2. The molecular weight excluding hydrogens is 366 g/mol. The van der Waals surface area contributed by atoms with Gasteiger partial charge in [-0.2, -0.15) is 0 Å². The topological polar surface area (TPSA) is 61.9 Å². The van der Waals surface area contributed by atoms with Gasteiger partial charge in [0.2, 0.25) is 11.8 Å². The molecule has 2 saturated heterocycles. The van der Waals surface area contributed by atoms with Gasteiger partial charge < -0.3 is 19.9 Å². The van der Waals surface area contributed by atoms with Crippen molar-refractivity contribution in [2.45, 2.75) is 20.3 Å². The third-order valence-electron chi connectivity index (χ3n) is 5.88. The van der Waals surface area contributed by atoms with Gasteiger partial charge in [-0.25, -0.2) is 0 Å². The van der Waals surface area contributed by atoms with Crippen molar-refractivity contribution >= 4 is 28.9 Å². The van der Waals surface area contributed by atoms with E-state index < -0.39 is 0 Å². The molecule has 1 N–H and O–H groups in total. The van der Waals surface area contributed by atoms with Gasteiger partial charge in [-0.15, -0.1) is 0 Å². The lowest BCUT2D eigenvalue weighted by Gasteiger charge is -2.32. The summed E-state index contributed by atoms with van der Waals surface area (Å²) in [6, 6.07) is 13.8. The summed E-state index contributed by atoms with van der Waals surface area (Å²) in [6.45, 7) is 7.39. The smallest absolute Gasteiger partial charge is 0.229 e. The molecule has 2 heterocycles. The van der Waals surface area contributed by atoms with Gasteiger partial charge in [-0.05, 0) is 43.2 Å². The number of para-hydroxylation sites is 2. The quantitative estimate of drug-likeness (QED) is 0.867. The molecule has 2 aromatic rings. The van der Waals surface area contributed by atoms with Crippen LogP contribution < -0.4 is 15.1 Å². The highest BCUT2D eigenvalue weighted by atomic mass is 16.5. The zero-order valence-corrected chi connectivity index (χ0v) is 17.0. The van der Waals surface area contributed by atoms with Gasteiger partial charge in [0, 0.05) is 31.7 Å². The second-order valence-corrected chi connectivity index (χ2v) is 7.73. The molecule has 0 saturated carbocycles. The molecule has 4 rings (SSSR count). The molecule has 2 aliphatic heterocycles. The molecule has 0 aromatic heterocycles. The first-order valence-corrected chi connectivity index (χ1v) is 10.1. The zero-order chi connectivity index (χ0) is 20.4. The maximum Gasteiger partial charge on any atom is 0.229 e. The Balaban J connectivity index is 1.51. The summed E-state index contributed by atoms with van der Waals surface area (Å²) in [7, 11) is 0. The number of aryl methyl sites for hydroxylation is 1. The van der Waals surface area contributed by atoms with Crippen molar-refractivity contribution in [2.75, 3.05) is 48.0 Å². The molecule has 6 heteroatoms. The molecule has 0 aliphatic carbocycles. The summed E-state index contributed by atoms with van der Waals surface area (Å²) in [5, 5.41) is 3.02. The second-order valence-electron chi connectivity index (χ2n) is 7.73. The van der Waals surface area contributed by atoms with E-state index in [-0.39, 0.29) is 24.2 Å². The number of anilines is 3. The van der Waals surface area contributed by atoms with Crippen LogP contribution >= 0.6 is 0 Å². The average Bonchev–Trinajstić information content (AvgIpc) is 3.14. The first-order valence-electron chi connectivity index (χ1n) is 10.1. The van der Waals surface area contributed by atoms with Crippen LogP contribution in [0.4, 0.5) is 17.1 Å². The number of rotatable bonds is 4. The molecule has 2 aromatic carbocycles. The number of benzene rings is 2. The van der Waals surface area contributed by atoms with Crippen molar-refractivity contribution in [1.29, 1.82) is 0 Å². The van der Waals surface area contributed by atoms with Crippen molar-refractivity contribution in [2.24, 2.45) is 5.92 Å². The van der Waals surface area contributed by atoms with E-state index in [4.69, 9.17) is 4.74 Å². The minimum atomic E-state index is -0.361. The van der Waals surface area contributed by atoms with Crippen LogP contribution in [-0.2, 0) is 14.3 Å². The van der Waals surface area contributed by atoms with E-state index >= 15 is 0 Å². The lowest BCUT2D eigenvalue weighted by atomic mass is 10.1. The van der Waals surface area contributed by atoms with Gasteiger partial charge in [0.15, 0.2) is 0 Å². The number of carbonyl (C=O) groups is 2. The number of hydrogen-bond donors (Lipinski definition) is 1. The Morgan fingerprint density at radius 3 is 2.52 bits per heavy atom. The number of ether oxygens (including phenoxy) is 1. The van der Waals surface area contributed by atoms with Crippen LogP contribution in [0.25, 0.3) is 0 Å². The van der Waals surface area contributed by atoms with Gasteiger partial charge >= 0.3 is 0 Å². The van der Waals surface area contributed by atoms with Crippen molar-refractivity contribution in [1.82, 2.24) is 0 Å². The molecule has 6 nitrogen and oxygen atoms in total. The number of hydrogen-bond acceptors (Lipinski definition) is 4. The van der Waals surface area contributed by atoms with Gasteiger partial charge in [-0.1, -0.05) is 24.3 Å². The molecule has 2 amide bonds. The second kappa shape index (κ2) is 8.25. The summed E-state index contributed by atoms with van der Waals surface area (Å²) in [5.74, 6) is -0.467. The number of nitrogens with zero attached hydrogens (tertiary/aromatic N) is 2. The van der Waals surface area contributed by atoms with Crippen molar-refractivity contribution in [3.63, 3.8) is 0 Å². The molecule has 2 aliphatic rings. The minimum absolute atomic E-state index is 0.00757. The average molecular weight is 393 g/mol. The molecule has 0 spiro atoms. The third-order valence-corrected chi connectivity index (χ3v) is 5.88. The summed E-state index contributed by atoms with van der Waals surface area (Å²) >= 11 is 0. The Labute approximate surface area is 171 Å². The Kier molecular flexibility index (Phi) is 5.53. The lowest BCUT2D eigenvalue weighted by Crippen LogP contribution is -2.38. The van der Waals surface area contributed by atoms with Crippen molar-refractivity contribution < 1.29 is 14.3 Å². The Morgan fingerprint density at radius 1 is 1.03 bits per heavy atom. The monoisotopic (exact) mass is 393 g/mol. The maximum atomic E-state index is 12.9. The fourth-order valence-corrected chi connectivity index (χ4v) is 4.00. The molecule has 0 radical (unpaired) electrons. The highest BCUT2D eigenvalue weighted by Gasteiger charge is 2.36. The number of nitrogens with one attached hydrogen (secondary N) is 1. The van der Waals surface area contributed by atoms with Crippen LogP contribution in [0.3, 0.4) is 0 Å². The van der Waals surface area contributed by atoms with E-state index in [1.165, 1.54) is 0 Å². The van der Waals surface area contributed by atoms with Gasteiger partial charge in [-0.3, -0.25) is 9.59 Å². The molecule has 0 bridgehead atoms. The molecule has 152 valence electrons. The summed E-state index contributed by atoms with van der Waals surface area (Å²) < 4.78 is 5.46. The van der Waals surface area contributed by atoms with Crippen LogP contribution in [0.15, 0.2) is 42.5 Å². The predicted molar refractivity (Wildman–Crippen MR) is 114 cm³/mol. The normalized spacial score (nSPS) is 19.5. The van der Waals surface area contributed by atoms with E-state index in [0.717, 1.165) is 41.3 Å². The predicted octanol–water partition coefficient (Wildman–Crippen LogP) is 3.13. The fraction of sp³-hybridized carbons (Fsp3) is 0.391. The van der Waals surface area contributed by atoms with Gasteiger partial charge in [0.1, 0.15) is 0 Å². The maximum absolute atomic E-state index is 12.9. The summed E-state index contributed by atoms with van der Waals surface area (Å²) in [5.41, 5.74) is 4.90. The van der Waals surface area contributed by atoms with Crippen LogP contribution in [0.2, 0.25) is 0 Å². The lowest BCUT2D eigenvalue weighted by molar-refractivity contribution is -0.122. The molecule has 2 fully saturated rings. The van der Waals surface area contributed by atoms with Crippen LogP contribution in [0.5, 0.6) is 0 Å². The van der Waals surface area contributed by atoms with Crippen LogP contribution in [-0.4, -0.2) is 44.7 Å². The van der Waals surface area contributed by atoms with E-state index in [1.54, 1.807) is 4.90 Å². The first-order chi connectivity index (χ1) is 14.0. The molecular formula is C23H27N3O3. The number of morpholine rings is 1. The van der Waals surface area contributed by atoms with Crippen molar-refractivity contribution in [3.8, 4) is 0 Å². The molecule has 29 heavy (non-hydrogen) atoms. The largest absolute Gasteiger partial charge is 0.378 e. The Hall–Kier alpha value is -2.86. The zero-order valence-electron chi connectivity index (χ0n) is 17.0.